The molecule has 6 nitrogen and oxygen atoms in total. The third kappa shape index (κ3) is 5.54. The Bertz CT molecular complexity index is 1230. The Balaban J connectivity index is 1.74. The molecule has 0 spiro atoms. The monoisotopic (exact) mass is 462 g/mol. The van der Waals surface area contributed by atoms with Crippen LogP contribution >= 0.6 is 11.8 Å². The average Bonchev–Trinajstić information content (AvgIpc) is 2.72. The third-order valence-corrected chi connectivity index (χ3v) is 6.10. The molecule has 0 fully saturated rings. The van der Waals surface area contributed by atoms with Gasteiger partial charge in [0.2, 0.25) is 15.1 Å². The number of benzene rings is 3. The average molecular weight is 462 g/mol. The molecule has 0 atom stereocenters. The van der Waals surface area contributed by atoms with Gasteiger partial charge in [0, 0.05) is 11.4 Å². The van der Waals surface area contributed by atoms with Gasteiger partial charge in [-0.25, -0.2) is 22.3 Å². The lowest BCUT2D eigenvalue weighted by molar-refractivity contribution is 0.0948. The summed E-state index contributed by atoms with van der Waals surface area (Å²) < 4.78 is 50.3. The summed E-state index contributed by atoms with van der Waals surface area (Å²) >= 11 is 0.546. The van der Waals surface area contributed by atoms with Gasteiger partial charge in [-0.05, 0) is 53.7 Å². The highest BCUT2D eigenvalue weighted by molar-refractivity contribution is 8.14. The second kappa shape index (κ2) is 9.38. The summed E-state index contributed by atoms with van der Waals surface area (Å²) in [4.78, 5) is 25.2. The minimum absolute atomic E-state index is 0.0526. The first-order valence-electron chi connectivity index (χ1n) is 8.82. The number of carbonyl (C=O) groups is 2. The van der Waals surface area contributed by atoms with Gasteiger partial charge in [0.25, 0.3) is 5.91 Å². The number of hydrogen-bond donors (Lipinski definition) is 2. The van der Waals surface area contributed by atoms with E-state index in [0.29, 0.717) is 17.3 Å². The number of nitrogens with two attached hydrogens (primary N) is 1. The standard InChI is InChI=1S/C21H16F2N2O4S2/c22-16-5-3-6-17(23)19(16)21(27)30-18-7-2-1-4-15(18)20(26)25-12-13-8-10-14(11-9-13)31(24,28)29/h1-11H,12H2,(H,25,26)(H2,24,28,29). The molecule has 3 rings (SSSR count). The predicted octanol–water partition coefficient (Wildman–Crippen LogP) is 3.47. The topological polar surface area (TPSA) is 106 Å². The molecular formula is C21H16F2N2O4S2. The highest BCUT2D eigenvalue weighted by atomic mass is 32.2. The molecule has 0 aliphatic carbocycles. The van der Waals surface area contributed by atoms with Gasteiger partial charge in [-0.1, -0.05) is 30.3 Å². The van der Waals surface area contributed by atoms with Crippen LogP contribution in [0.2, 0.25) is 0 Å². The summed E-state index contributed by atoms with van der Waals surface area (Å²) in [5, 5.41) is 6.84. The van der Waals surface area contributed by atoms with Crippen LogP contribution in [0, 0.1) is 11.6 Å². The maximum absolute atomic E-state index is 13.9. The first-order valence-corrected chi connectivity index (χ1v) is 11.2. The SMILES string of the molecule is NS(=O)(=O)c1ccc(CNC(=O)c2ccccc2SC(=O)c2c(F)cccc2F)cc1. The number of hydrogen-bond acceptors (Lipinski definition) is 5. The fourth-order valence-corrected chi connectivity index (χ4v) is 4.09. The number of rotatable bonds is 6. The molecule has 0 aliphatic heterocycles. The Kier molecular flexibility index (Phi) is 6.84. The van der Waals surface area contributed by atoms with E-state index < -0.39 is 38.2 Å². The highest BCUT2D eigenvalue weighted by Crippen LogP contribution is 2.28. The Labute approximate surface area is 181 Å². The Morgan fingerprint density at radius 2 is 1.52 bits per heavy atom. The van der Waals surface area contributed by atoms with Crippen molar-refractivity contribution in [2.75, 3.05) is 0 Å². The van der Waals surface area contributed by atoms with Gasteiger partial charge in [-0.2, -0.15) is 0 Å². The van der Waals surface area contributed by atoms with E-state index in [2.05, 4.69) is 5.32 Å². The van der Waals surface area contributed by atoms with Gasteiger partial charge < -0.3 is 5.32 Å². The molecule has 3 aromatic carbocycles. The summed E-state index contributed by atoms with van der Waals surface area (Å²) in [6, 6.07) is 14.9. The fraction of sp³-hybridized carbons (Fsp3) is 0.0476. The van der Waals surface area contributed by atoms with Crippen molar-refractivity contribution >= 4 is 32.8 Å². The summed E-state index contributed by atoms with van der Waals surface area (Å²) in [7, 11) is -3.82. The number of thioether (sulfide) groups is 1. The number of halogens is 2. The van der Waals surface area contributed by atoms with E-state index in [1.54, 1.807) is 12.1 Å². The molecule has 0 heterocycles. The van der Waals surface area contributed by atoms with Crippen LogP contribution in [0.1, 0.15) is 26.3 Å². The van der Waals surface area contributed by atoms with Crippen molar-refractivity contribution in [1.29, 1.82) is 0 Å². The van der Waals surface area contributed by atoms with Crippen LogP contribution in [0.5, 0.6) is 0 Å². The molecule has 0 radical (unpaired) electrons. The molecule has 31 heavy (non-hydrogen) atoms. The quantitative estimate of drug-likeness (QED) is 0.546. The molecule has 3 N–H and O–H groups in total. The van der Waals surface area contributed by atoms with Crippen molar-refractivity contribution in [2.24, 2.45) is 5.14 Å². The van der Waals surface area contributed by atoms with Gasteiger partial charge in [0.05, 0.1) is 10.5 Å². The number of sulfonamides is 1. The number of carbonyl (C=O) groups excluding carboxylic acids is 2. The van der Waals surface area contributed by atoms with Crippen LogP contribution in [0.3, 0.4) is 0 Å². The Hall–Kier alpha value is -3.08. The second-order valence-corrected chi connectivity index (χ2v) is 8.93. The van der Waals surface area contributed by atoms with E-state index in [1.165, 1.54) is 36.4 Å². The van der Waals surface area contributed by atoms with Gasteiger partial charge >= 0.3 is 0 Å². The summed E-state index contributed by atoms with van der Waals surface area (Å²) in [6.45, 7) is 0.0820. The Morgan fingerprint density at radius 1 is 0.903 bits per heavy atom. The lowest BCUT2D eigenvalue weighted by Gasteiger charge is -2.10. The zero-order valence-corrected chi connectivity index (χ0v) is 17.5. The molecule has 0 bridgehead atoms. The number of amides is 1. The first kappa shape index (κ1) is 22.6. The maximum atomic E-state index is 13.9. The smallest absolute Gasteiger partial charge is 0.252 e. The molecular weight excluding hydrogens is 446 g/mol. The zero-order chi connectivity index (χ0) is 22.6. The van der Waals surface area contributed by atoms with Crippen LogP contribution < -0.4 is 10.5 Å². The summed E-state index contributed by atoms with van der Waals surface area (Å²) in [5.74, 6) is -2.48. The lowest BCUT2D eigenvalue weighted by atomic mass is 10.2. The molecule has 3 aromatic rings. The van der Waals surface area contributed by atoms with E-state index in [0.717, 1.165) is 18.2 Å². The molecule has 160 valence electrons. The molecule has 1 amide bonds. The van der Waals surface area contributed by atoms with Gasteiger partial charge in [0.15, 0.2) is 0 Å². The molecule has 10 heteroatoms. The van der Waals surface area contributed by atoms with E-state index in [-0.39, 0.29) is 21.9 Å². The van der Waals surface area contributed by atoms with Crippen molar-refractivity contribution < 1.29 is 26.8 Å². The van der Waals surface area contributed by atoms with E-state index in [4.69, 9.17) is 5.14 Å². The molecule has 0 saturated carbocycles. The minimum Gasteiger partial charge on any atom is -0.348 e. The first-order chi connectivity index (χ1) is 14.7. The van der Waals surface area contributed by atoms with Crippen molar-refractivity contribution in [2.45, 2.75) is 16.3 Å². The van der Waals surface area contributed by atoms with Crippen LogP contribution in [-0.4, -0.2) is 19.4 Å². The predicted molar refractivity (Wildman–Crippen MR) is 112 cm³/mol. The summed E-state index contributed by atoms with van der Waals surface area (Å²) in [6.07, 6.45) is 0. The van der Waals surface area contributed by atoms with E-state index >= 15 is 0 Å². The number of primary sulfonamides is 1. The normalized spacial score (nSPS) is 11.2. The van der Waals surface area contributed by atoms with Gasteiger partial charge in [-0.3, -0.25) is 9.59 Å². The van der Waals surface area contributed by atoms with Gasteiger partial charge in [-0.15, -0.1) is 0 Å². The van der Waals surface area contributed by atoms with Crippen molar-refractivity contribution in [3.63, 3.8) is 0 Å². The molecule has 0 aliphatic rings. The van der Waals surface area contributed by atoms with Crippen LogP contribution in [0.25, 0.3) is 0 Å². The zero-order valence-electron chi connectivity index (χ0n) is 15.8. The maximum Gasteiger partial charge on any atom is 0.252 e. The summed E-state index contributed by atoms with van der Waals surface area (Å²) in [5.41, 5.74) is 0.0896. The highest BCUT2D eigenvalue weighted by Gasteiger charge is 2.21. The van der Waals surface area contributed by atoms with Crippen LogP contribution in [-0.2, 0) is 16.6 Å². The molecule has 0 saturated heterocycles. The van der Waals surface area contributed by atoms with Crippen molar-refractivity contribution in [3.8, 4) is 0 Å². The minimum atomic E-state index is -3.82. The van der Waals surface area contributed by atoms with Gasteiger partial charge in [0.1, 0.15) is 17.2 Å². The molecule has 0 unspecified atom stereocenters. The third-order valence-electron chi connectivity index (χ3n) is 4.21. The van der Waals surface area contributed by atoms with Crippen LogP contribution in [0.15, 0.2) is 76.5 Å². The fourth-order valence-electron chi connectivity index (χ4n) is 2.66. The number of nitrogens with one attached hydrogen (secondary N) is 1. The Morgan fingerprint density at radius 3 is 2.13 bits per heavy atom. The van der Waals surface area contributed by atoms with E-state index in [1.807, 2.05) is 0 Å². The van der Waals surface area contributed by atoms with Crippen molar-refractivity contribution in [1.82, 2.24) is 5.32 Å². The lowest BCUT2D eigenvalue weighted by Crippen LogP contribution is -2.23. The second-order valence-electron chi connectivity index (χ2n) is 6.35. The van der Waals surface area contributed by atoms with Crippen LogP contribution in [0.4, 0.5) is 8.78 Å². The van der Waals surface area contributed by atoms with Crippen molar-refractivity contribution in [3.05, 3.63) is 95.1 Å². The largest absolute Gasteiger partial charge is 0.348 e. The molecule has 0 aromatic heterocycles. The van der Waals surface area contributed by atoms with E-state index in [9.17, 15) is 26.8 Å².